The third kappa shape index (κ3) is 3.76. The van der Waals surface area contributed by atoms with Crippen LogP contribution in [0.25, 0.3) is 0 Å². The third-order valence-electron chi connectivity index (χ3n) is 2.92. The van der Waals surface area contributed by atoms with E-state index in [1.165, 1.54) is 4.90 Å². The minimum absolute atomic E-state index is 0.174. The van der Waals surface area contributed by atoms with E-state index in [4.69, 9.17) is 14.9 Å². The Kier molecular flexibility index (Phi) is 5.70. The number of unbranched alkanes of at least 4 members (excludes halogenated alkanes) is 1. The lowest BCUT2D eigenvalue weighted by atomic mass is 10.2. The number of aliphatic hydroxyl groups excluding tert-OH is 1. The molecule has 1 aliphatic rings. The lowest BCUT2D eigenvalue weighted by molar-refractivity contribution is 0.0316. The number of hydrogen-bond donors (Lipinski definition) is 2. The van der Waals surface area contributed by atoms with Crippen molar-refractivity contribution in [1.82, 2.24) is 9.80 Å². The molecule has 1 fully saturated rings. The van der Waals surface area contributed by atoms with Gasteiger partial charge in [0, 0.05) is 19.6 Å². The Morgan fingerprint density at radius 2 is 2.11 bits per heavy atom. The SMILES string of the molecule is CCCCOC(=O)N1CCN(C(=O)O)C(CO)C1. The molecule has 7 heteroatoms. The van der Waals surface area contributed by atoms with Gasteiger partial charge in [0.1, 0.15) is 0 Å². The smallest absolute Gasteiger partial charge is 0.409 e. The minimum atomic E-state index is -1.08. The molecule has 7 nitrogen and oxygen atoms in total. The minimum Gasteiger partial charge on any atom is -0.465 e. The molecule has 1 aliphatic heterocycles. The number of carbonyl (C=O) groups is 2. The van der Waals surface area contributed by atoms with Crippen molar-refractivity contribution in [3.63, 3.8) is 0 Å². The average molecular weight is 260 g/mol. The predicted octanol–water partition coefficient (Wildman–Crippen LogP) is 0.580. The molecule has 1 saturated heterocycles. The third-order valence-corrected chi connectivity index (χ3v) is 2.92. The van der Waals surface area contributed by atoms with E-state index in [0.29, 0.717) is 13.2 Å². The highest BCUT2D eigenvalue weighted by atomic mass is 16.6. The molecule has 1 rings (SSSR count). The molecule has 0 saturated carbocycles. The molecule has 2 N–H and O–H groups in total. The van der Waals surface area contributed by atoms with E-state index in [1.807, 2.05) is 6.92 Å². The Labute approximate surface area is 106 Å². The number of amides is 2. The molecule has 0 aliphatic carbocycles. The summed E-state index contributed by atoms with van der Waals surface area (Å²) in [6, 6.07) is -0.574. The fourth-order valence-electron chi connectivity index (χ4n) is 1.82. The van der Waals surface area contributed by atoms with E-state index in [-0.39, 0.29) is 19.7 Å². The van der Waals surface area contributed by atoms with Crippen molar-refractivity contribution >= 4 is 12.2 Å². The first-order valence-electron chi connectivity index (χ1n) is 6.12. The maximum absolute atomic E-state index is 11.7. The first-order chi connectivity index (χ1) is 8.60. The van der Waals surface area contributed by atoms with Gasteiger partial charge >= 0.3 is 12.2 Å². The number of rotatable bonds is 4. The summed E-state index contributed by atoms with van der Waals surface area (Å²) in [5.74, 6) is 0. The van der Waals surface area contributed by atoms with Crippen LogP contribution in [0.1, 0.15) is 19.8 Å². The van der Waals surface area contributed by atoms with Gasteiger partial charge in [-0.3, -0.25) is 4.90 Å². The summed E-state index contributed by atoms with van der Waals surface area (Å²) in [6.07, 6.45) is 0.240. The summed E-state index contributed by atoms with van der Waals surface area (Å²) in [5, 5.41) is 18.1. The Bertz CT molecular complexity index is 297. The second-order valence-corrected chi connectivity index (χ2v) is 4.23. The van der Waals surface area contributed by atoms with Gasteiger partial charge in [-0.1, -0.05) is 13.3 Å². The van der Waals surface area contributed by atoms with Crippen LogP contribution in [-0.4, -0.2) is 71.1 Å². The molecule has 2 amide bonds. The molecule has 0 spiro atoms. The zero-order valence-corrected chi connectivity index (χ0v) is 10.5. The highest BCUT2D eigenvalue weighted by molar-refractivity contribution is 5.69. The van der Waals surface area contributed by atoms with E-state index in [9.17, 15) is 9.59 Å². The molecular weight excluding hydrogens is 240 g/mol. The summed E-state index contributed by atoms with van der Waals surface area (Å²) < 4.78 is 5.05. The van der Waals surface area contributed by atoms with Crippen LogP contribution in [-0.2, 0) is 4.74 Å². The molecule has 104 valence electrons. The molecule has 0 bridgehead atoms. The van der Waals surface area contributed by atoms with Gasteiger partial charge < -0.3 is 19.8 Å². The van der Waals surface area contributed by atoms with Gasteiger partial charge in [-0.05, 0) is 6.42 Å². The van der Waals surface area contributed by atoms with Crippen molar-refractivity contribution in [2.45, 2.75) is 25.8 Å². The quantitative estimate of drug-likeness (QED) is 0.722. The van der Waals surface area contributed by atoms with E-state index in [1.54, 1.807) is 0 Å². The lowest BCUT2D eigenvalue weighted by Gasteiger charge is -2.38. The van der Waals surface area contributed by atoms with Gasteiger partial charge in [-0.2, -0.15) is 0 Å². The highest BCUT2D eigenvalue weighted by Crippen LogP contribution is 2.11. The molecule has 18 heavy (non-hydrogen) atoms. The second kappa shape index (κ2) is 7.05. The summed E-state index contributed by atoms with van der Waals surface area (Å²) >= 11 is 0. The van der Waals surface area contributed by atoms with Crippen molar-refractivity contribution in [2.24, 2.45) is 0 Å². The second-order valence-electron chi connectivity index (χ2n) is 4.23. The van der Waals surface area contributed by atoms with Crippen LogP contribution in [0.2, 0.25) is 0 Å². The van der Waals surface area contributed by atoms with Crippen molar-refractivity contribution in [3.8, 4) is 0 Å². The highest BCUT2D eigenvalue weighted by Gasteiger charge is 2.32. The van der Waals surface area contributed by atoms with Crippen LogP contribution >= 0.6 is 0 Å². The maximum Gasteiger partial charge on any atom is 0.409 e. The molecule has 0 aromatic carbocycles. The van der Waals surface area contributed by atoms with Crippen molar-refractivity contribution < 1.29 is 24.5 Å². The zero-order valence-electron chi connectivity index (χ0n) is 10.5. The molecule has 0 radical (unpaired) electrons. The van der Waals surface area contributed by atoms with E-state index in [2.05, 4.69) is 0 Å². The number of piperazine rings is 1. The predicted molar refractivity (Wildman–Crippen MR) is 63.4 cm³/mol. The standard InChI is InChI=1S/C11H20N2O5/c1-2-3-6-18-11(17)12-4-5-13(10(15)16)9(7-12)8-14/h9,14H,2-8H2,1H3,(H,15,16). The van der Waals surface area contributed by atoms with Gasteiger partial charge in [0.05, 0.1) is 19.3 Å². The topological polar surface area (TPSA) is 90.3 Å². The van der Waals surface area contributed by atoms with Gasteiger partial charge in [0.2, 0.25) is 0 Å². The summed E-state index contributed by atoms with van der Waals surface area (Å²) in [6.45, 7) is 2.75. The van der Waals surface area contributed by atoms with Crippen molar-refractivity contribution in [1.29, 1.82) is 0 Å². The first kappa shape index (κ1) is 14.6. The van der Waals surface area contributed by atoms with E-state index >= 15 is 0 Å². The summed E-state index contributed by atoms with van der Waals surface area (Å²) in [5.41, 5.74) is 0. The van der Waals surface area contributed by atoms with Crippen molar-refractivity contribution in [2.75, 3.05) is 32.8 Å². The fourth-order valence-corrected chi connectivity index (χ4v) is 1.82. The monoisotopic (exact) mass is 260 g/mol. The first-order valence-corrected chi connectivity index (χ1v) is 6.12. The number of carbonyl (C=O) groups excluding carboxylic acids is 1. The van der Waals surface area contributed by atoms with Gasteiger partial charge in [0.25, 0.3) is 0 Å². The molecule has 1 atom stereocenters. The van der Waals surface area contributed by atoms with Crippen LogP contribution in [0.15, 0.2) is 0 Å². The number of carboxylic acid groups (broad SMARTS) is 1. The van der Waals surface area contributed by atoms with Gasteiger partial charge in [0.15, 0.2) is 0 Å². The number of hydrogen-bond acceptors (Lipinski definition) is 4. The maximum atomic E-state index is 11.7. The number of ether oxygens (including phenoxy) is 1. The molecule has 0 aromatic heterocycles. The summed E-state index contributed by atoms with van der Waals surface area (Å²) in [7, 11) is 0. The molecule has 1 heterocycles. The van der Waals surface area contributed by atoms with Crippen molar-refractivity contribution in [3.05, 3.63) is 0 Å². The summed E-state index contributed by atoms with van der Waals surface area (Å²) in [4.78, 5) is 25.1. The number of aliphatic hydroxyl groups is 1. The van der Waals surface area contributed by atoms with Crippen LogP contribution in [0, 0.1) is 0 Å². The Morgan fingerprint density at radius 1 is 1.39 bits per heavy atom. The Balaban J connectivity index is 2.46. The molecule has 0 aromatic rings. The Hall–Kier alpha value is -1.50. The van der Waals surface area contributed by atoms with E-state index in [0.717, 1.165) is 17.7 Å². The fraction of sp³-hybridized carbons (Fsp3) is 0.818. The van der Waals surface area contributed by atoms with Crippen LogP contribution in [0.5, 0.6) is 0 Å². The molecular formula is C11H20N2O5. The average Bonchev–Trinajstić information content (AvgIpc) is 2.37. The molecule has 1 unspecified atom stereocenters. The van der Waals surface area contributed by atoms with E-state index < -0.39 is 18.2 Å². The normalized spacial score (nSPS) is 19.8. The van der Waals surface area contributed by atoms with Crippen LogP contribution in [0.4, 0.5) is 9.59 Å². The van der Waals surface area contributed by atoms with Crippen LogP contribution in [0.3, 0.4) is 0 Å². The van der Waals surface area contributed by atoms with Crippen LogP contribution < -0.4 is 0 Å². The van der Waals surface area contributed by atoms with Gasteiger partial charge in [-0.15, -0.1) is 0 Å². The largest absolute Gasteiger partial charge is 0.465 e. The van der Waals surface area contributed by atoms with Gasteiger partial charge in [-0.25, -0.2) is 9.59 Å². The number of nitrogens with zero attached hydrogens (tertiary/aromatic N) is 2. The lowest BCUT2D eigenvalue weighted by Crippen LogP contribution is -2.57. The Morgan fingerprint density at radius 3 is 2.67 bits per heavy atom. The zero-order chi connectivity index (χ0) is 13.5.